The van der Waals surface area contributed by atoms with E-state index in [-0.39, 0.29) is 17.9 Å². The van der Waals surface area contributed by atoms with Gasteiger partial charge in [0.25, 0.3) is 0 Å². The number of aliphatic hydroxyl groups excluding tert-OH is 1. The molecule has 2 unspecified atom stereocenters. The quantitative estimate of drug-likeness (QED) is 0.705. The van der Waals surface area contributed by atoms with E-state index in [9.17, 15) is 9.90 Å². The Hall–Kier alpha value is -0.610. The van der Waals surface area contributed by atoms with Crippen molar-refractivity contribution in [1.29, 1.82) is 0 Å². The summed E-state index contributed by atoms with van der Waals surface area (Å²) < 4.78 is 0. The van der Waals surface area contributed by atoms with E-state index in [1.807, 2.05) is 6.92 Å². The summed E-state index contributed by atoms with van der Waals surface area (Å²) in [5.74, 6) is 0.571. The summed E-state index contributed by atoms with van der Waals surface area (Å²) in [5.41, 5.74) is 5.82. The highest BCUT2D eigenvalue weighted by Gasteiger charge is 2.33. The molecule has 0 spiro atoms. The lowest BCUT2D eigenvalue weighted by atomic mass is 10.0. The molecule has 0 saturated carbocycles. The molecule has 1 heterocycles. The van der Waals surface area contributed by atoms with Crippen LogP contribution < -0.4 is 5.73 Å². The lowest BCUT2D eigenvalue weighted by Gasteiger charge is -2.21. The zero-order valence-electron chi connectivity index (χ0n) is 9.81. The zero-order chi connectivity index (χ0) is 11.6. The van der Waals surface area contributed by atoms with E-state index >= 15 is 0 Å². The van der Waals surface area contributed by atoms with Crippen molar-refractivity contribution in [1.82, 2.24) is 4.90 Å². The van der Waals surface area contributed by atoms with Crippen molar-refractivity contribution in [2.45, 2.75) is 39.3 Å². The Balaban J connectivity index is 2.47. The van der Waals surface area contributed by atoms with Gasteiger partial charge in [0, 0.05) is 19.0 Å². The SMILES string of the molecule is CC(C)C[C@H](N)C(=O)N1CC(C)C(O)C1. The van der Waals surface area contributed by atoms with Crippen LogP contribution in [0.15, 0.2) is 0 Å². The van der Waals surface area contributed by atoms with E-state index in [1.165, 1.54) is 0 Å². The van der Waals surface area contributed by atoms with Crippen LogP contribution in [-0.4, -0.2) is 41.1 Å². The number of hydrogen-bond donors (Lipinski definition) is 2. The van der Waals surface area contributed by atoms with Gasteiger partial charge in [0.1, 0.15) is 0 Å². The minimum atomic E-state index is -0.414. The monoisotopic (exact) mass is 214 g/mol. The lowest BCUT2D eigenvalue weighted by Crippen LogP contribution is -2.43. The number of carbonyl (C=O) groups is 1. The molecule has 15 heavy (non-hydrogen) atoms. The molecule has 1 aliphatic rings. The summed E-state index contributed by atoms with van der Waals surface area (Å²) in [5, 5.41) is 9.55. The molecule has 1 amide bonds. The number of amides is 1. The molecule has 0 aliphatic carbocycles. The highest BCUT2D eigenvalue weighted by atomic mass is 16.3. The molecule has 1 aliphatic heterocycles. The van der Waals surface area contributed by atoms with Crippen LogP contribution in [0.25, 0.3) is 0 Å². The van der Waals surface area contributed by atoms with E-state index in [1.54, 1.807) is 4.90 Å². The molecule has 4 heteroatoms. The third kappa shape index (κ3) is 3.18. The van der Waals surface area contributed by atoms with Crippen LogP contribution in [0.1, 0.15) is 27.2 Å². The van der Waals surface area contributed by atoms with Gasteiger partial charge >= 0.3 is 0 Å². The second kappa shape index (κ2) is 4.94. The van der Waals surface area contributed by atoms with Crippen LogP contribution in [0.3, 0.4) is 0 Å². The van der Waals surface area contributed by atoms with Crippen LogP contribution in [0, 0.1) is 11.8 Å². The molecule has 0 radical (unpaired) electrons. The standard InChI is InChI=1S/C11H22N2O2/c1-7(2)4-9(12)11(15)13-5-8(3)10(14)6-13/h7-10,14H,4-6,12H2,1-3H3/t8?,9-,10?/m0/s1. The van der Waals surface area contributed by atoms with Crippen molar-refractivity contribution in [3.63, 3.8) is 0 Å². The Bertz CT molecular complexity index is 221. The summed E-state index contributed by atoms with van der Waals surface area (Å²) in [6.07, 6.45) is 0.319. The largest absolute Gasteiger partial charge is 0.391 e. The first-order valence-corrected chi connectivity index (χ1v) is 5.64. The minimum Gasteiger partial charge on any atom is -0.391 e. The van der Waals surface area contributed by atoms with Crippen molar-refractivity contribution in [2.75, 3.05) is 13.1 Å². The third-order valence-electron chi connectivity index (χ3n) is 2.93. The highest BCUT2D eigenvalue weighted by molar-refractivity contribution is 5.82. The summed E-state index contributed by atoms with van der Waals surface area (Å²) in [7, 11) is 0. The maximum Gasteiger partial charge on any atom is 0.239 e. The van der Waals surface area contributed by atoms with Crippen molar-refractivity contribution < 1.29 is 9.90 Å². The first-order chi connectivity index (χ1) is 6.91. The molecule has 0 aromatic rings. The van der Waals surface area contributed by atoms with Gasteiger partial charge in [-0.15, -0.1) is 0 Å². The van der Waals surface area contributed by atoms with Crippen molar-refractivity contribution in [3.05, 3.63) is 0 Å². The molecular weight excluding hydrogens is 192 g/mol. The Morgan fingerprint density at radius 2 is 2.13 bits per heavy atom. The smallest absolute Gasteiger partial charge is 0.239 e. The number of aliphatic hydroxyl groups is 1. The zero-order valence-corrected chi connectivity index (χ0v) is 9.81. The molecule has 88 valence electrons. The van der Waals surface area contributed by atoms with E-state index < -0.39 is 6.04 Å². The summed E-state index contributed by atoms with van der Waals surface area (Å²) >= 11 is 0. The number of likely N-dealkylation sites (tertiary alicyclic amines) is 1. The van der Waals surface area contributed by atoms with Gasteiger partial charge in [-0.1, -0.05) is 20.8 Å². The molecule has 1 fully saturated rings. The predicted molar refractivity (Wildman–Crippen MR) is 59.2 cm³/mol. The van der Waals surface area contributed by atoms with E-state index in [4.69, 9.17) is 5.73 Å². The second-order valence-electron chi connectivity index (χ2n) is 5.02. The summed E-state index contributed by atoms with van der Waals surface area (Å²) in [6.45, 7) is 7.12. The maximum atomic E-state index is 11.9. The second-order valence-corrected chi connectivity index (χ2v) is 5.02. The van der Waals surface area contributed by atoms with Gasteiger partial charge in [-0.3, -0.25) is 4.79 Å². The normalized spacial score (nSPS) is 28.5. The minimum absolute atomic E-state index is 0.0212. The third-order valence-corrected chi connectivity index (χ3v) is 2.93. The van der Waals surface area contributed by atoms with Crippen LogP contribution in [-0.2, 0) is 4.79 Å². The van der Waals surface area contributed by atoms with Gasteiger partial charge < -0.3 is 15.7 Å². The van der Waals surface area contributed by atoms with Gasteiger partial charge in [-0.2, -0.15) is 0 Å². The fourth-order valence-corrected chi connectivity index (χ4v) is 1.97. The fourth-order valence-electron chi connectivity index (χ4n) is 1.97. The molecule has 3 atom stereocenters. The number of nitrogens with zero attached hydrogens (tertiary/aromatic N) is 1. The van der Waals surface area contributed by atoms with Gasteiger partial charge in [-0.25, -0.2) is 0 Å². The van der Waals surface area contributed by atoms with Gasteiger partial charge in [-0.05, 0) is 12.3 Å². The van der Waals surface area contributed by atoms with Gasteiger partial charge in [0.15, 0.2) is 0 Å². The van der Waals surface area contributed by atoms with Crippen LogP contribution in [0.2, 0.25) is 0 Å². The number of β-amino-alcohol motifs (C(OH)–C–C–N with tert-alkyl or cyclic N) is 1. The summed E-state index contributed by atoms with van der Waals surface area (Å²) in [6, 6.07) is -0.414. The Labute approximate surface area is 91.4 Å². The van der Waals surface area contributed by atoms with Crippen LogP contribution >= 0.6 is 0 Å². The van der Waals surface area contributed by atoms with Crippen LogP contribution in [0.5, 0.6) is 0 Å². The number of carbonyl (C=O) groups excluding carboxylic acids is 1. The topological polar surface area (TPSA) is 66.6 Å². The molecule has 1 saturated heterocycles. The summed E-state index contributed by atoms with van der Waals surface area (Å²) in [4.78, 5) is 13.5. The van der Waals surface area contributed by atoms with Crippen LogP contribution in [0.4, 0.5) is 0 Å². The molecular formula is C11H22N2O2. The maximum absolute atomic E-state index is 11.9. The number of hydrogen-bond acceptors (Lipinski definition) is 3. The Morgan fingerprint density at radius 1 is 1.53 bits per heavy atom. The lowest BCUT2D eigenvalue weighted by molar-refractivity contribution is -0.132. The average Bonchev–Trinajstić information content (AvgIpc) is 2.44. The first-order valence-electron chi connectivity index (χ1n) is 5.64. The molecule has 0 bridgehead atoms. The predicted octanol–water partition coefficient (Wildman–Crippen LogP) is 0.199. The Kier molecular flexibility index (Phi) is 4.11. The average molecular weight is 214 g/mol. The molecule has 0 aromatic carbocycles. The first kappa shape index (κ1) is 12.5. The number of rotatable bonds is 3. The molecule has 1 rings (SSSR count). The molecule has 3 N–H and O–H groups in total. The van der Waals surface area contributed by atoms with E-state index in [2.05, 4.69) is 13.8 Å². The Morgan fingerprint density at radius 3 is 2.53 bits per heavy atom. The van der Waals surface area contributed by atoms with Gasteiger partial charge in [0.2, 0.25) is 5.91 Å². The van der Waals surface area contributed by atoms with Crippen molar-refractivity contribution in [2.24, 2.45) is 17.6 Å². The fraction of sp³-hybridized carbons (Fsp3) is 0.909. The van der Waals surface area contributed by atoms with E-state index in [0.717, 1.165) is 0 Å². The molecule has 4 nitrogen and oxygen atoms in total. The number of nitrogens with two attached hydrogens (primary N) is 1. The van der Waals surface area contributed by atoms with Gasteiger partial charge in [0.05, 0.1) is 12.1 Å². The molecule has 0 aromatic heterocycles. The van der Waals surface area contributed by atoms with E-state index in [0.29, 0.717) is 25.4 Å². The van der Waals surface area contributed by atoms with Crippen molar-refractivity contribution in [3.8, 4) is 0 Å². The highest BCUT2D eigenvalue weighted by Crippen LogP contribution is 2.17. The van der Waals surface area contributed by atoms with Crippen molar-refractivity contribution >= 4 is 5.91 Å².